The van der Waals surface area contributed by atoms with Crippen LogP contribution in [0.25, 0.3) is 11.9 Å². The maximum Gasteiger partial charge on any atom is 0.247 e. The van der Waals surface area contributed by atoms with Crippen LogP contribution in [0.4, 0.5) is 21.7 Å². The molecule has 0 radical (unpaired) electrons. The summed E-state index contributed by atoms with van der Waals surface area (Å²) in [6, 6.07) is 6.92. The number of amides is 1. The summed E-state index contributed by atoms with van der Waals surface area (Å²) in [6.07, 6.45) is 3.70. The van der Waals surface area contributed by atoms with Crippen LogP contribution in [-0.2, 0) is 4.79 Å². The molecule has 0 aliphatic carbocycles. The van der Waals surface area contributed by atoms with Crippen molar-refractivity contribution >= 4 is 58.3 Å². The van der Waals surface area contributed by atoms with Gasteiger partial charge in [-0.2, -0.15) is 0 Å². The zero-order chi connectivity index (χ0) is 25.7. The van der Waals surface area contributed by atoms with E-state index in [0.29, 0.717) is 17.1 Å². The first-order valence-electron chi connectivity index (χ1n) is 10.3. The Kier molecular flexibility index (Phi) is 8.32. The standard InChI is InChI=1S/C25H23Cl2FN4O3/c1-6-21(33)31-18-9-7-8-13(2)24(18)32-25-29-12-16(14(3)30-25)17(28)10-15-22(26)19(34-4)11-20(35-5)23(15)27/h6-12H,1H2,2-5H3,(H,31,33)(H,29,30,32)/b17-10-. The average Bonchev–Trinajstić information content (AvgIpc) is 2.84. The number of halogens is 3. The Bertz CT molecular complexity index is 1300. The zero-order valence-electron chi connectivity index (χ0n) is 19.5. The Morgan fingerprint density at radius 1 is 1.14 bits per heavy atom. The van der Waals surface area contributed by atoms with Crippen LogP contribution in [-0.4, -0.2) is 30.1 Å². The monoisotopic (exact) mass is 516 g/mol. The fraction of sp³-hybridized carbons (Fsp3) is 0.160. The largest absolute Gasteiger partial charge is 0.495 e. The molecule has 0 saturated carbocycles. The Balaban J connectivity index is 1.96. The second kappa shape index (κ2) is 11.2. The number of methoxy groups -OCH3 is 2. The van der Waals surface area contributed by atoms with E-state index >= 15 is 4.39 Å². The van der Waals surface area contributed by atoms with Crippen LogP contribution in [0.5, 0.6) is 11.5 Å². The van der Waals surface area contributed by atoms with E-state index in [9.17, 15) is 4.79 Å². The number of hydrogen-bond donors (Lipinski definition) is 2. The number of rotatable bonds is 8. The van der Waals surface area contributed by atoms with Crippen LogP contribution in [0.2, 0.25) is 10.0 Å². The molecule has 0 unspecified atom stereocenters. The highest BCUT2D eigenvalue weighted by Crippen LogP contribution is 2.42. The van der Waals surface area contributed by atoms with Crippen molar-refractivity contribution in [3.05, 3.63) is 75.5 Å². The van der Waals surface area contributed by atoms with Gasteiger partial charge >= 0.3 is 0 Å². The predicted octanol–water partition coefficient (Wildman–Crippen LogP) is 6.75. The third-order valence-corrected chi connectivity index (χ3v) is 5.85. The number of aryl methyl sites for hydroxylation is 2. The van der Waals surface area contributed by atoms with Gasteiger partial charge in [-0.05, 0) is 37.6 Å². The van der Waals surface area contributed by atoms with Crippen molar-refractivity contribution in [3.8, 4) is 11.5 Å². The van der Waals surface area contributed by atoms with Gasteiger partial charge in [-0.1, -0.05) is 41.9 Å². The van der Waals surface area contributed by atoms with Gasteiger partial charge in [0, 0.05) is 17.8 Å². The van der Waals surface area contributed by atoms with E-state index in [1.807, 2.05) is 13.0 Å². The minimum absolute atomic E-state index is 0.138. The summed E-state index contributed by atoms with van der Waals surface area (Å²) in [6.45, 7) is 6.97. The fourth-order valence-corrected chi connectivity index (χ4v) is 3.84. The molecule has 182 valence electrons. The van der Waals surface area contributed by atoms with E-state index < -0.39 is 5.83 Å². The maximum absolute atomic E-state index is 15.3. The summed E-state index contributed by atoms with van der Waals surface area (Å²) >= 11 is 12.7. The van der Waals surface area contributed by atoms with E-state index in [0.717, 1.165) is 5.56 Å². The quantitative estimate of drug-likeness (QED) is 0.322. The van der Waals surface area contributed by atoms with Crippen LogP contribution in [0.1, 0.15) is 22.4 Å². The Labute approximate surface area is 212 Å². The molecule has 0 aliphatic rings. The fourth-order valence-electron chi connectivity index (χ4n) is 3.23. The number of hydrogen-bond acceptors (Lipinski definition) is 6. The topological polar surface area (TPSA) is 85.4 Å². The first-order chi connectivity index (χ1) is 16.7. The van der Waals surface area contributed by atoms with Crippen molar-refractivity contribution in [2.24, 2.45) is 0 Å². The predicted molar refractivity (Wildman–Crippen MR) is 139 cm³/mol. The summed E-state index contributed by atoms with van der Waals surface area (Å²) in [7, 11) is 2.87. The zero-order valence-corrected chi connectivity index (χ0v) is 21.0. The van der Waals surface area contributed by atoms with Crippen LogP contribution in [0.3, 0.4) is 0 Å². The summed E-state index contributed by atoms with van der Waals surface area (Å²) in [4.78, 5) is 20.4. The van der Waals surface area contributed by atoms with Crippen LogP contribution < -0.4 is 20.1 Å². The molecular weight excluding hydrogens is 494 g/mol. The number of para-hydroxylation sites is 1. The number of carbonyl (C=O) groups is 1. The second-order valence-corrected chi connectivity index (χ2v) is 8.08. The third kappa shape index (κ3) is 5.72. The van der Waals surface area contributed by atoms with Gasteiger partial charge < -0.3 is 20.1 Å². The van der Waals surface area contributed by atoms with Gasteiger partial charge in [0.15, 0.2) is 0 Å². The van der Waals surface area contributed by atoms with E-state index in [1.54, 1.807) is 19.1 Å². The van der Waals surface area contributed by atoms with Crippen LogP contribution >= 0.6 is 23.2 Å². The molecular formula is C25H23Cl2FN4O3. The number of benzene rings is 2. The number of anilines is 3. The smallest absolute Gasteiger partial charge is 0.247 e. The lowest BCUT2D eigenvalue weighted by molar-refractivity contribution is -0.111. The van der Waals surface area contributed by atoms with E-state index in [-0.39, 0.29) is 44.5 Å². The first-order valence-corrected chi connectivity index (χ1v) is 11.1. The van der Waals surface area contributed by atoms with Crippen molar-refractivity contribution in [3.63, 3.8) is 0 Å². The van der Waals surface area contributed by atoms with Gasteiger partial charge in [0.2, 0.25) is 11.9 Å². The van der Waals surface area contributed by atoms with Gasteiger partial charge in [0.05, 0.1) is 46.9 Å². The molecule has 0 bridgehead atoms. The molecule has 0 fully saturated rings. The molecule has 0 spiro atoms. The van der Waals surface area contributed by atoms with Gasteiger partial charge in [-0.15, -0.1) is 0 Å². The third-order valence-electron chi connectivity index (χ3n) is 5.07. The molecule has 1 aromatic heterocycles. The summed E-state index contributed by atoms with van der Waals surface area (Å²) in [5.41, 5.74) is 2.69. The summed E-state index contributed by atoms with van der Waals surface area (Å²) in [5, 5.41) is 6.10. The molecule has 7 nitrogen and oxygen atoms in total. The first kappa shape index (κ1) is 26.0. The molecule has 3 aromatic rings. The van der Waals surface area contributed by atoms with Crippen molar-refractivity contribution in [1.29, 1.82) is 0 Å². The minimum atomic E-state index is -0.650. The van der Waals surface area contributed by atoms with Crippen molar-refractivity contribution in [2.45, 2.75) is 13.8 Å². The van der Waals surface area contributed by atoms with E-state index in [4.69, 9.17) is 32.7 Å². The number of nitrogens with one attached hydrogen (secondary N) is 2. The summed E-state index contributed by atoms with van der Waals surface area (Å²) < 4.78 is 25.7. The molecule has 0 atom stereocenters. The lowest BCUT2D eigenvalue weighted by Crippen LogP contribution is -2.11. The normalized spacial score (nSPS) is 11.1. The van der Waals surface area contributed by atoms with Gasteiger partial charge in [-0.25, -0.2) is 14.4 Å². The van der Waals surface area contributed by atoms with Gasteiger partial charge in [-0.3, -0.25) is 4.79 Å². The Morgan fingerprint density at radius 2 is 1.80 bits per heavy atom. The van der Waals surface area contributed by atoms with Crippen molar-refractivity contribution < 1.29 is 18.7 Å². The molecule has 2 aromatic carbocycles. The van der Waals surface area contributed by atoms with Crippen molar-refractivity contribution in [1.82, 2.24) is 9.97 Å². The lowest BCUT2D eigenvalue weighted by Gasteiger charge is -2.15. The molecule has 2 N–H and O–H groups in total. The van der Waals surface area contributed by atoms with Gasteiger partial charge in [0.25, 0.3) is 0 Å². The second-order valence-electron chi connectivity index (χ2n) is 7.32. The van der Waals surface area contributed by atoms with Crippen LogP contribution in [0, 0.1) is 13.8 Å². The minimum Gasteiger partial charge on any atom is -0.495 e. The van der Waals surface area contributed by atoms with Gasteiger partial charge in [0.1, 0.15) is 17.3 Å². The molecule has 1 amide bonds. The lowest BCUT2D eigenvalue weighted by atomic mass is 10.1. The molecule has 0 aliphatic heterocycles. The highest BCUT2D eigenvalue weighted by Gasteiger charge is 2.18. The molecule has 35 heavy (non-hydrogen) atoms. The SMILES string of the molecule is C=CC(=O)Nc1cccc(C)c1Nc1ncc(/C(F)=C/c2c(Cl)c(OC)cc(OC)c2Cl)c(C)n1. The van der Waals surface area contributed by atoms with Crippen molar-refractivity contribution in [2.75, 3.05) is 24.9 Å². The Morgan fingerprint density at radius 3 is 2.37 bits per heavy atom. The summed E-state index contributed by atoms with van der Waals surface area (Å²) in [5.74, 6) is -0.205. The number of carbonyl (C=O) groups excluding carboxylic acids is 1. The molecule has 1 heterocycles. The van der Waals surface area contributed by atoms with E-state index in [2.05, 4.69) is 27.2 Å². The van der Waals surface area contributed by atoms with Crippen LogP contribution in [0.15, 0.2) is 43.1 Å². The maximum atomic E-state index is 15.3. The number of aromatic nitrogens is 2. The Hall–Kier alpha value is -3.62. The number of nitrogens with zero attached hydrogens (tertiary/aromatic N) is 2. The molecule has 0 saturated heterocycles. The molecule has 10 heteroatoms. The van der Waals surface area contributed by atoms with E-state index in [1.165, 1.54) is 38.6 Å². The average molecular weight is 517 g/mol. The highest BCUT2D eigenvalue weighted by molar-refractivity contribution is 6.39. The highest BCUT2D eigenvalue weighted by atomic mass is 35.5. The molecule has 3 rings (SSSR count). The number of ether oxygens (including phenoxy) is 2.